The third-order valence-electron chi connectivity index (χ3n) is 2.11. The Morgan fingerprint density at radius 3 is 2.33 bits per heavy atom. The van der Waals surface area contributed by atoms with E-state index in [1.165, 1.54) is 6.07 Å². The summed E-state index contributed by atoms with van der Waals surface area (Å²) < 4.78 is 0. The Bertz CT molecular complexity index is 554. The normalized spacial score (nSPS) is 10.5. The molecular weight excluding hydrogens is 237 g/mol. The van der Waals surface area contributed by atoms with Gasteiger partial charge < -0.3 is 0 Å². The first-order valence-electron chi connectivity index (χ1n) is 4.12. The van der Waals surface area contributed by atoms with Crippen LogP contribution in [-0.2, 0) is 0 Å². The van der Waals surface area contributed by atoms with E-state index in [0.29, 0.717) is 10.4 Å². The van der Waals surface area contributed by atoms with E-state index < -0.39 is 4.92 Å². The fourth-order valence-electron chi connectivity index (χ4n) is 1.41. The average Bonchev–Trinajstić information content (AvgIpc) is 2.23. The first-order valence-corrected chi connectivity index (χ1v) is 4.88. The molecule has 76 valence electrons. The second kappa shape index (κ2) is 3.68. The molecule has 2 rings (SSSR count). The van der Waals surface area contributed by atoms with Gasteiger partial charge in [0.1, 0.15) is 5.02 Å². The fourth-order valence-corrected chi connectivity index (χ4v) is 1.97. The molecule has 0 atom stereocenters. The van der Waals surface area contributed by atoms with Crippen LogP contribution in [0.1, 0.15) is 0 Å². The molecule has 5 heteroatoms. The van der Waals surface area contributed by atoms with E-state index in [1.54, 1.807) is 24.3 Å². The predicted octanol–water partition coefficient (Wildman–Crippen LogP) is 4.05. The standard InChI is InChI=1S/C10H5Cl2NO2/c11-8-5-9(13(14)15)10(12)7-4-2-1-3-6(7)8/h1-5H. The van der Waals surface area contributed by atoms with E-state index in [-0.39, 0.29) is 10.7 Å². The highest BCUT2D eigenvalue weighted by Gasteiger charge is 2.17. The molecule has 0 spiro atoms. The molecule has 0 aliphatic carbocycles. The van der Waals surface area contributed by atoms with Crippen LogP contribution in [0.2, 0.25) is 10.0 Å². The molecule has 0 aromatic heterocycles. The van der Waals surface area contributed by atoms with Crippen molar-refractivity contribution in [3.8, 4) is 0 Å². The van der Waals surface area contributed by atoms with E-state index in [2.05, 4.69) is 0 Å². The highest BCUT2D eigenvalue weighted by Crippen LogP contribution is 2.36. The Labute approximate surface area is 95.4 Å². The molecule has 0 N–H and O–H groups in total. The zero-order chi connectivity index (χ0) is 11.0. The van der Waals surface area contributed by atoms with Crippen molar-refractivity contribution in [1.82, 2.24) is 0 Å². The van der Waals surface area contributed by atoms with Gasteiger partial charge in [-0.25, -0.2) is 0 Å². The van der Waals surface area contributed by atoms with Crippen LogP contribution in [0.3, 0.4) is 0 Å². The maximum Gasteiger partial charge on any atom is 0.290 e. The lowest BCUT2D eigenvalue weighted by Gasteiger charge is -2.03. The average molecular weight is 242 g/mol. The number of benzene rings is 2. The van der Waals surface area contributed by atoms with Crippen molar-refractivity contribution in [2.45, 2.75) is 0 Å². The van der Waals surface area contributed by atoms with Gasteiger partial charge in [0.05, 0.1) is 9.95 Å². The van der Waals surface area contributed by atoms with Gasteiger partial charge in [-0.1, -0.05) is 47.5 Å². The molecule has 2 aromatic carbocycles. The van der Waals surface area contributed by atoms with E-state index in [1.807, 2.05) is 0 Å². The second-order valence-corrected chi connectivity index (χ2v) is 3.78. The molecule has 0 saturated heterocycles. The molecule has 3 nitrogen and oxygen atoms in total. The van der Waals surface area contributed by atoms with Crippen molar-refractivity contribution >= 4 is 39.7 Å². The minimum absolute atomic E-state index is 0.125. The van der Waals surface area contributed by atoms with Gasteiger partial charge in [0.25, 0.3) is 5.69 Å². The third kappa shape index (κ3) is 1.64. The number of nitrogens with zero attached hydrogens (tertiary/aromatic N) is 1. The highest BCUT2D eigenvalue weighted by atomic mass is 35.5. The van der Waals surface area contributed by atoms with Gasteiger partial charge in [-0.15, -0.1) is 0 Å². The second-order valence-electron chi connectivity index (χ2n) is 2.99. The molecule has 0 unspecified atom stereocenters. The van der Waals surface area contributed by atoms with Gasteiger partial charge in [0, 0.05) is 16.8 Å². The third-order valence-corrected chi connectivity index (χ3v) is 2.82. The molecular formula is C10H5Cl2NO2. The lowest BCUT2D eigenvalue weighted by molar-refractivity contribution is -0.384. The van der Waals surface area contributed by atoms with Crippen LogP contribution < -0.4 is 0 Å². The largest absolute Gasteiger partial charge is 0.290 e. The maximum atomic E-state index is 10.7. The van der Waals surface area contributed by atoms with E-state index >= 15 is 0 Å². The molecule has 0 bridgehead atoms. The maximum absolute atomic E-state index is 10.7. The van der Waals surface area contributed by atoms with Crippen LogP contribution in [0, 0.1) is 10.1 Å². The quantitative estimate of drug-likeness (QED) is 0.559. The molecule has 0 radical (unpaired) electrons. The number of fused-ring (bicyclic) bond motifs is 1. The predicted molar refractivity (Wildman–Crippen MR) is 60.6 cm³/mol. The summed E-state index contributed by atoms with van der Waals surface area (Å²) in [6.07, 6.45) is 0. The first-order chi connectivity index (χ1) is 7.11. The van der Waals surface area contributed by atoms with E-state index in [4.69, 9.17) is 23.2 Å². The van der Waals surface area contributed by atoms with Gasteiger partial charge in [0.15, 0.2) is 0 Å². The Balaban J connectivity index is 2.90. The summed E-state index contributed by atoms with van der Waals surface area (Å²) in [5.41, 5.74) is -0.166. The zero-order valence-corrected chi connectivity index (χ0v) is 8.92. The van der Waals surface area contributed by atoms with Gasteiger partial charge in [0.2, 0.25) is 0 Å². The number of hydrogen-bond donors (Lipinski definition) is 0. The Kier molecular flexibility index (Phi) is 2.50. The first kappa shape index (κ1) is 10.2. The van der Waals surface area contributed by atoms with Crippen molar-refractivity contribution in [2.24, 2.45) is 0 Å². The lowest BCUT2D eigenvalue weighted by Crippen LogP contribution is -1.90. The number of halogens is 2. The van der Waals surface area contributed by atoms with Crippen LogP contribution in [0.5, 0.6) is 0 Å². The van der Waals surface area contributed by atoms with Crippen molar-refractivity contribution in [3.05, 3.63) is 50.5 Å². The van der Waals surface area contributed by atoms with Crippen LogP contribution >= 0.6 is 23.2 Å². The molecule has 15 heavy (non-hydrogen) atoms. The van der Waals surface area contributed by atoms with Gasteiger partial charge in [-0.05, 0) is 0 Å². The summed E-state index contributed by atoms with van der Waals surface area (Å²) in [5.74, 6) is 0. The van der Waals surface area contributed by atoms with E-state index in [9.17, 15) is 10.1 Å². The van der Waals surface area contributed by atoms with Crippen LogP contribution in [0.25, 0.3) is 10.8 Å². The van der Waals surface area contributed by atoms with Crippen molar-refractivity contribution in [2.75, 3.05) is 0 Å². The van der Waals surface area contributed by atoms with Crippen molar-refractivity contribution in [1.29, 1.82) is 0 Å². The van der Waals surface area contributed by atoms with Crippen LogP contribution in [0.15, 0.2) is 30.3 Å². The summed E-state index contributed by atoms with van der Waals surface area (Å²) in [7, 11) is 0. The number of rotatable bonds is 1. The molecule has 0 heterocycles. The Hall–Kier alpha value is -1.32. The highest BCUT2D eigenvalue weighted by molar-refractivity contribution is 6.42. The summed E-state index contributed by atoms with van der Waals surface area (Å²) in [5, 5.41) is 12.5. The number of nitro benzene ring substituents is 1. The monoisotopic (exact) mass is 241 g/mol. The molecule has 0 aliphatic rings. The van der Waals surface area contributed by atoms with Crippen molar-refractivity contribution < 1.29 is 4.92 Å². The minimum atomic E-state index is -0.541. The SMILES string of the molecule is O=[N+]([O-])c1cc(Cl)c2ccccc2c1Cl. The Morgan fingerprint density at radius 2 is 1.73 bits per heavy atom. The summed E-state index contributed by atoms with van der Waals surface area (Å²) in [6.45, 7) is 0. The van der Waals surface area contributed by atoms with Gasteiger partial charge in [-0.3, -0.25) is 10.1 Å². The summed E-state index contributed by atoms with van der Waals surface area (Å²) in [6, 6.07) is 8.31. The smallest absolute Gasteiger partial charge is 0.258 e. The molecule has 0 amide bonds. The number of hydrogen-bond acceptors (Lipinski definition) is 2. The van der Waals surface area contributed by atoms with Crippen LogP contribution in [-0.4, -0.2) is 4.92 Å². The molecule has 0 saturated carbocycles. The zero-order valence-electron chi connectivity index (χ0n) is 7.41. The van der Waals surface area contributed by atoms with Crippen LogP contribution in [0.4, 0.5) is 5.69 Å². The minimum Gasteiger partial charge on any atom is -0.258 e. The fraction of sp³-hybridized carbons (Fsp3) is 0. The molecule has 0 aliphatic heterocycles. The molecule has 2 aromatic rings. The topological polar surface area (TPSA) is 43.1 Å². The van der Waals surface area contributed by atoms with E-state index in [0.717, 1.165) is 5.39 Å². The summed E-state index contributed by atoms with van der Waals surface area (Å²) in [4.78, 5) is 10.1. The van der Waals surface area contributed by atoms with Gasteiger partial charge in [-0.2, -0.15) is 0 Å². The van der Waals surface area contributed by atoms with Crippen molar-refractivity contribution in [3.63, 3.8) is 0 Å². The Morgan fingerprint density at radius 1 is 1.13 bits per heavy atom. The summed E-state index contributed by atoms with van der Waals surface area (Å²) >= 11 is 11.8. The molecule has 0 fully saturated rings. The number of nitro groups is 1. The van der Waals surface area contributed by atoms with Gasteiger partial charge >= 0.3 is 0 Å². The lowest BCUT2D eigenvalue weighted by atomic mass is 10.1.